The third-order valence-corrected chi connectivity index (χ3v) is 8.08. The fourth-order valence-corrected chi connectivity index (χ4v) is 6.09. The molecule has 0 radical (unpaired) electrons. The number of esters is 1. The van der Waals surface area contributed by atoms with E-state index in [4.69, 9.17) is 9.47 Å². The van der Waals surface area contributed by atoms with E-state index in [-0.39, 0.29) is 18.6 Å². The molecule has 2 aromatic rings. The van der Waals surface area contributed by atoms with Crippen LogP contribution in [0.3, 0.4) is 0 Å². The second-order valence-electron chi connectivity index (χ2n) is 10.4. The molecule has 1 saturated carbocycles. The lowest BCUT2D eigenvalue weighted by Gasteiger charge is -2.35. The number of carbonyl (C=O) groups is 3. The molecule has 3 aliphatic rings. The van der Waals surface area contributed by atoms with Gasteiger partial charge in [-0.15, -0.1) is 0 Å². The van der Waals surface area contributed by atoms with E-state index in [0.717, 1.165) is 61.2 Å². The van der Waals surface area contributed by atoms with E-state index in [1.165, 1.54) is 6.07 Å². The molecule has 0 unspecified atom stereocenters. The highest BCUT2D eigenvalue weighted by molar-refractivity contribution is 5.93. The highest BCUT2D eigenvalue weighted by Gasteiger charge is 2.41. The maximum absolute atomic E-state index is 13.8. The lowest BCUT2D eigenvalue weighted by Crippen LogP contribution is -2.47. The summed E-state index contributed by atoms with van der Waals surface area (Å²) in [7, 11) is 0. The van der Waals surface area contributed by atoms with Crippen molar-refractivity contribution in [3.05, 3.63) is 70.8 Å². The van der Waals surface area contributed by atoms with Crippen molar-refractivity contribution < 1.29 is 32.6 Å². The number of ether oxygens (including phenoxy) is 2. The van der Waals surface area contributed by atoms with Gasteiger partial charge in [-0.1, -0.05) is 24.3 Å². The average molecular weight is 542 g/mol. The Morgan fingerprint density at radius 3 is 2.56 bits per heavy atom. The summed E-state index contributed by atoms with van der Waals surface area (Å²) >= 11 is 0. The zero-order valence-corrected chi connectivity index (χ0v) is 21.9. The summed E-state index contributed by atoms with van der Waals surface area (Å²) in [6, 6.07) is 9.82. The third-order valence-electron chi connectivity index (χ3n) is 8.08. The maximum Gasteiger partial charge on any atom is 0.418 e. The van der Waals surface area contributed by atoms with Crippen LogP contribution >= 0.6 is 0 Å². The van der Waals surface area contributed by atoms with Crippen molar-refractivity contribution in [3.63, 3.8) is 0 Å². The molecule has 2 heterocycles. The van der Waals surface area contributed by atoms with Crippen LogP contribution in [0.5, 0.6) is 0 Å². The first-order valence-corrected chi connectivity index (χ1v) is 13.6. The van der Waals surface area contributed by atoms with Crippen molar-refractivity contribution in [2.75, 3.05) is 26.3 Å². The van der Waals surface area contributed by atoms with Gasteiger partial charge >= 0.3 is 18.1 Å². The number of benzene rings is 2. The molecule has 1 N–H and O–H groups in total. The highest BCUT2D eigenvalue weighted by Crippen LogP contribution is 2.37. The van der Waals surface area contributed by atoms with E-state index in [1.54, 1.807) is 6.92 Å². The van der Waals surface area contributed by atoms with Crippen LogP contribution in [0.1, 0.15) is 72.5 Å². The first-order chi connectivity index (χ1) is 18.9. The van der Waals surface area contributed by atoms with Gasteiger partial charge in [0.1, 0.15) is 12.6 Å². The Hall–Kier alpha value is -3.53. The second-order valence-corrected chi connectivity index (χ2v) is 10.4. The first-order valence-electron chi connectivity index (χ1n) is 13.6. The standard InChI is InChI=1S/C29H33F2N3O5/c1-2-38-27(35)23-6-4-3-5-22(23)18-7-10-21(11-8-18)33-14-13-20(16-33)32-28(36)34-26(17-39-29(34)37)19-9-12-24(30)25(31)15-19/h3-6,9,12,15,18,20-21,26H,2,7-8,10-11,13-14,16-17H2,1H3,(H,32,36)/t18-,20-,21-,26-/m1/s1. The van der Waals surface area contributed by atoms with E-state index < -0.39 is 29.8 Å². The Kier molecular flexibility index (Phi) is 8.11. The number of hydrogen-bond donors (Lipinski definition) is 1. The lowest BCUT2D eigenvalue weighted by atomic mass is 9.79. The number of nitrogens with one attached hydrogen (secondary N) is 1. The van der Waals surface area contributed by atoms with Crippen LogP contribution in [0.15, 0.2) is 42.5 Å². The van der Waals surface area contributed by atoms with Gasteiger partial charge in [0.05, 0.1) is 12.2 Å². The molecule has 0 bridgehead atoms. The average Bonchev–Trinajstić information content (AvgIpc) is 3.57. The molecule has 208 valence electrons. The van der Waals surface area contributed by atoms with Gasteiger partial charge in [-0.3, -0.25) is 4.90 Å². The van der Waals surface area contributed by atoms with Crippen LogP contribution in [-0.2, 0) is 9.47 Å². The van der Waals surface area contributed by atoms with Gasteiger partial charge in [-0.05, 0) is 74.3 Å². The minimum atomic E-state index is -1.04. The van der Waals surface area contributed by atoms with Crippen molar-refractivity contribution in [2.24, 2.45) is 0 Å². The van der Waals surface area contributed by atoms with E-state index in [1.807, 2.05) is 24.3 Å². The molecule has 0 spiro atoms. The quantitative estimate of drug-likeness (QED) is 0.510. The zero-order valence-electron chi connectivity index (χ0n) is 21.9. The molecule has 3 fully saturated rings. The molecule has 2 aromatic carbocycles. The Morgan fingerprint density at radius 1 is 1.05 bits per heavy atom. The molecule has 0 aromatic heterocycles. The summed E-state index contributed by atoms with van der Waals surface area (Å²) < 4.78 is 37.4. The predicted octanol–water partition coefficient (Wildman–Crippen LogP) is 5.15. The van der Waals surface area contributed by atoms with Gasteiger partial charge in [0.2, 0.25) is 0 Å². The topological polar surface area (TPSA) is 88.2 Å². The van der Waals surface area contributed by atoms with Gasteiger partial charge < -0.3 is 14.8 Å². The van der Waals surface area contributed by atoms with E-state index >= 15 is 0 Å². The molecule has 5 rings (SSSR count). The number of urea groups is 1. The Bertz CT molecular complexity index is 1230. The van der Waals surface area contributed by atoms with Crippen LogP contribution in [0.4, 0.5) is 18.4 Å². The maximum atomic E-state index is 13.8. The summed E-state index contributed by atoms with van der Waals surface area (Å²) in [6.07, 6.45) is 3.83. The van der Waals surface area contributed by atoms with E-state index in [2.05, 4.69) is 10.2 Å². The number of likely N-dealkylation sites (tertiary alicyclic amines) is 1. The Morgan fingerprint density at radius 2 is 1.82 bits per heavy atom. The summed E-state index contributed by atoms with van der Waals surface area (Å²) in [5.74, 6) is -2.02. The largest absolute Gasteiger partial charge is 0.462 e. The fourth-order valence-electron chi connectivity index (χ4n) is 6.09. The van der Waals surface area contributed by atoms with Crippen LogP contribution in [0.25, 0.3) is 0 Å². The van der Waals surface area contributed by atoms with Crippen molar-refractivity contribution in [2.45, 2.75) is 63.1 Å². The Labute approximate surface area is 226 Å². The molecule has 2 aliphatic heterocycles. The molecule has 2 saturated heterocycles. The second kappa shape index (κ2) is 11.7. The molecule has 39 heavy (non-hydrogen) atoms. The van der Waals surface area contributed by atoms with Gasteiger partial charge in [0.25, 0.3) is 0 Å². The van der Waals surface area contributed by atoms with Crippen molar-refractivity contribution in [1.29, 1.82) is 0 Å². The van der Waals surface area contributed by atoms with Gasteiger partial charge in [0, 0.05) is 25.2 Å². The number of halogens is 2. The summed E-state index contributed by atoms with van der Waals surface area (Å²) in [5, 5.41) is 2.94. The number of carbonyl (C=O) groups excluding carboxylic acids is 3. The number of nitrogens with zero attached hydrogens (tertiary/aromatic N) is 2. The number of hydrogen-bond acceptors (Lipinski definition) is 6. The van der Waals surface area contributed by atoms with Gasteiger partial charge in [-0.25, -0.2) is 28.1 Å². The van der Waals surface area contributed by atoms with E-state index in [0.29, 0.717) is 36.2 Å². The molecule has 2 atom stereocenters. The summed E-state index contributed by atoms with van der Waals surface area (Å²) in [4.78, 5) is 41.1. The first kappa shape index (κ1) is 27.1. The van der Waals surface area contributed by atoms with Gasteiger partial charge in [-0.2, -0.15) is 0 Å². The molecule has 1 aliphatic carbocycles. The fraction of sp³-hybridized carbons (Fsp3) is 0.483. The lowest BCUT2D eigenvalue weighted by molar-refractivity contribution is 0.0523. The number of amides is 3. The van der Waals surface area contributed by atoms with Crippen LogP contribution in [0.2, 0.25) is 0 Å². The summed E-state index contributed by atoms with van der Waals surface area (Å²) in [6.45, 7) is 3.53. The van der Waals surface area contributed by atoms with Crippen molar-refractivity contribution in [1.82, 2.24) is 15.1 Å². The number of cyclic esters (lactones) is 1. The highest BCUT2D eigenvalue weighted by atomic mass is 19.2. The number of rotatable bonds is 6. The molecule has 10 heteroatoms. The Balaban J connectivity index is 1.16. The normalized spacial score (nSPS) is 25.4. The molecular formula is C29H33F2N3O5. The smallest absolute Gasteiger partial charge is 0.418 e. The predicted molar refractivity (Wildman–Crippen MR) is 138 cm³/mol. The molecule has 8 nitrogen and oxygen atoms in total. The number of imide groups is 1. The van der Waals surface area contributed by atoms with Gasteiger partial charge in [0.15, 0.2) is 11.6 Å². The van der Waals surface area contributed by atoms with Crippen LogP contribution in [-0.4, -0.2) is 66.3 Å². The molecular weight excluding hydrogens is 508 g/mol. The summed E-state index contributed by atoms with van der Waals surface area (Å²) in [5.41, 5.74) is 1.99. The SMILES string of the molecule is CCOC(=O)c1ccccc1[C@H]1CC[C@H](N2CC[C@@H](NC(=O)N3C(=O)OC[C@@H]3c3ccc(F)c(F)c3)C2)CC1. The van der Waals surface area contributed by atoms with Crippen LogP contribution < -0.4 is 5.32 Å². The third kappa shape index (κ3) is 5.75. The monoisotopic (exact) mass is 541 g/mol. The minimum absolute atomic E-state index is 0.114. The van der Waals surface area contributed by atoms with Crippen molar-refractivity contribution in [3.8, 4) is 0 Å². The minimum Gasteiger partial charge on any atom is -0.462 e. The molecule has 3 amide bonds. The van der Waals surface area contributed by atoms with E-state index in [9.17, 15) is 23.2 Å². The van der Waals surface area contributed by atoms with Crippen molar-refractivity contribution >= 4 is 18.1 Å². The van der Waals surface area contributed by atoms with Crippen LogP contribution in [0, 0.1) is 11.6 Å². The zero-order chi connectivity index (χ0) is 27.5.